The van der Waals surface area contributed by atoms with Crippen LogP contribution < -0.4 is 0 Å². The van der Waals surface area contributed by atoms with Crippen LogP contribution in [0.3, 0.4) is 0 Å². The van der Waals surface area contributed by atoms with Crippen LogP contribution in [0.5, 0.6) is 0 Å². The van der Waals surface area contributed by atoms with Gasteiger partial charge in [-0.25, -0.2) is 4.85 Å². The van der Waals surface area contributed by atoms with Gasteiger partial charge in [0.15, 0.2) is 5.69 Å². The molecule has 3 nitrogen and oxygen atoms in total. The van der Waals surface area contributed by atoms with Crippen LogP contribution in [0.4, 0.5) is 5.69 Å². The van der Waals surface area contributed by atoms with Crippen molar-refractivity contribution < 1.29 is 0 Å². The molecule has 1 heterocycles. The average Bonchev–Trinajstić information content (AvgIpc) is 3.27. The first-order valence-electron chi connectivity index (χ1n) is 11.4. The van der Waals surface area contributed by atoms with Gasteiger partial charge >= 0.3 is 0 Å². The normalized spacial score (nSPS) is 10.8. The molecule has 0 unspecified atom stereocenters. The van der Waals surface area contributed by atoms with E-state index in [9.17, 15) is 5.26 Å². The number of para-hydroxylation sites is 1. The number of aromatic nitrogens is 1. The van der Waals surface area contributed by atoms with Gasteiger partial charge in [0.25, 0.3) is 0 Å². The van der Waals surface area contributed by atoms with Gasteiger partial charge in [0.05, 0.1) is 23.7 Å². The minimum absolute atomic E-state index is 0.484. The maximum Gasteiger partial charge on any atom is 0.196 e. The van der Waals surface area contributed by atoms with Crippen LogP contribution in [0.1, 0.15) is 5.56 Å². The first-order chi connectivity index (χ1) is 17.3. The molecule has 0 fully saturated rings. The summed E-state index contributed by atoms with van der Waals surface area (Å²) in [4.78, 5) is 3.75. The van der Waals surface area contributed by atoms with E-state index in [1.807, 2.05) is 36.4 Å². The van der Waals surface area contributed by atoms with Crippen molar-refractivity contribution in [3.63, 3.8) is 0 Å². The molecule has 0 aliphatic heterocycles. The van der Waals surface area contributed by atoms with E-state index in [-0.39, 0.29) is 0 Å². The number of hydrogen-bond donors (Lipinski definition) is 0. The second-order valence-corrected chi connectivity index (χ2v) is 8.39. The van der Waals surface area contributed by atoms with E-state index >= 15 is 0 Å². The Balaban J connectivity index is 1.77. The fourth-order valence-corrected chi connectivity index (χ4v) is 4.95. The van der Waals surface area contributed by atoms with Gasteiger partial charge in [-0.2, -0.15) is 5.26 Å². The highest BCUT2D eigenvalue weighted by atomic mass is 15.0. The molecule has 162 valence electrons. The van der Waals surface area contributed by atoms with Crippen molar-refractivity contribution in [3.8, 4) is 34.0 Å². The monoisotopic (exact) mass is 445 g/mol. The molecule has 0 N–H and O–H groups in total. The summed E-state index contributed by atoms with van der Waals surface area (Å²) in [6, 6.07) is 41.0. The molecule has 1 aromatic heterocycles. The number of fused-ring (bicyclic) bond motifs is 3. The van der Waals surface area contributed by atoms with Crippen LogP contribution in [-0.2, 0) is 0 Å². The minimum atomic E-state index is 0.484. The van der Waals surface area contributed by atoms with E-state index in [0.717, 1.165) is 44.2 Å². The summed E-state index contributed by atoms with van der Waals surface area (Å²) in [6.45, 7) is 7.75. The van der Waals surface area contributed by atoms with Crippen LogP contribution in [0, 0.1) is 17.9 Å². The second kappa shape index (κ2) is 8.34. The van der Waals surface area contributed by atoms with Crippen LogP contribution in [0.15, 0.2) is 115 Å². The van der Waals surface area contributed by atoms with Crippen molar-refractivity contribution in [1.29, 1.82) is 5.26 Å². The number of benzene rings is 5. The predicted molar refractivity (Wildman–Crippen MR) is 143 cm³/mol. The topological polar surface area (TPSA) is 33.1 Å². The fraction of sp³-hybridized carbons (Fsp3) is 0. The maximum atomic E-state index is 9.87. The van der Waals surface area contributed by atoms with E-state index in [0.29, 0.717) is 16.8 Å². The van der Waals surface area contributed by atoms with Crippen molar-refractivity contribution >= 4 is 27.5 Å². The molecule has 0 saturated heterocycles. The molecule has 5 aromatic carbocycles. The Morgan fingerprint density at radius 3 is 2.17 bits per heavy atom. The second-order valence-electron chi connectivity index (χ2n) is 8.39. The largest absolute Gasteiger partial charge is 0.309 e. The molecule has 6 aromatic rings. The third kappa shape index (κ3) is 3.27. The van der Waals surface area contributed by atoms with Crippen molar-refractivity contribution in [1.82, 2.24) is 4.57 Å². The van der Waals surface area contributed by atoms with Gasteiger partial charge < -0.3 is 4.57 Å². The van der Waals surface area contributed by atoms with E-state index in [1.54, 1.807) is 18.2 Å². The molecule has 0 amide bonds. The predicted octanol–water partition coefficient (Wildman–Crippen LogP) is 8.54. The van der Waals surface area contributed by atoms with Crippen LogP contribution in [0.2, 0.25) is 0 Å². The molecule has 0 bridgehead atoms. The van der Waals surface area contributed by atoms with E-state index < -0.39 is 0 Å². The molecule has 0 atom stereocenters. The molecule has 0 aliphatic rings. The van der Waals surface area contributed by atoms with Gasteiger partial charge in [-0.15, -0.1) is 0 Å². The lowest BCUT2D eigenvalue weighted by Gasteiger charge is -2.10. The van der Waals surface area contributed by atoms with Crippen LogP contribution in [0.25, 0.3) is 54.6 Å². The van der Waals surface area contributed by atoms with Crippen LogP contribution in [-0.4, -0.2) is 4.57 Å². The smallest absolute Gasteiger partial charge is 0.196 e. The van der Waals surface area contributed by atoms with Gasteiger partial charge in [0.1, 0.15) is 0 Å². The third-order valence-electron chi connectivity index (χ3n) is 6.47. The number of nitriles is 1. The number of rotatable bonds is 3. The zero-order valence-corrected chi connectivity index (χ0v) is 18.8. The lowest BCUT2D eigenvalue weighted by molar-refractivity contribution is 1.18. The van der Waals surface area contributed by atoms with Gasteiger partial charge in [0, 0.05) is 27.6 Å². The summed E-state index contributed by atoms with van der Waals surface area (Å²) < 4.78 is 2.27. The van der Waals surface area contributed by atoms with Crippen molar-refractivity contribution in [2.24, 2.45) is 0 Å². The lowest BCUT2D eigenvalue weighted by atomic mass is 9.94. The minimum Gasteiger partial charge on any atom is -0.309 e. The van der Waals surface area contributed by atoms with E-state index in [2.05, 4.69) is 76.1 Å². The zero-order chi connectivity index (χ0) is 23.8. The molecule has 3 heteroatoms. The Bertz CT molecular complexity index is 1770. The molecule has 0 saturated carbocycles. The Kier molecular flexibility index (Phi) is 4.88. The molecule has 0 aliphatic carbocycles. The third-order valence-corrected chi connectivity index (χ3v) is 6.47. The summed E-state index contributed by atoms with van der Waals surface area (Å²) in [6.07, 6.45) is 0. The molecule has 0 spiro atoms. The Morgan fingerprint density at radius 1 is 0.686 bits per heavy atom. The van der Waals surface area contributed by atoms with E-state index in [4.69, 9.17) is 6.57 Å². The zero-order valence-electron chi connectivity index (χ0n) is 18.8. The Hall–Kier alpha value is -5.12. The summed E-state index contributed by atoms with van der Waals surface area (Å²) in [7, 11) is 0. The Morgan fingerprint density at radius 2 is 1.43 bits per heavy atom. The standard InChI is InChI=1S/C32H19N3/c1-34-28-16-8-12-24(21-33)31(28)27-15-9-17-29-32(27)26-19-18-23(22-10-4-2-5-11-22)20-30(26)35(29)25-13-6-3-7-14-25/h2-20H. The quantitative estimate of drug-likeness (QED) is 0.251. The molecular formula is C32H19N3. The van der Waals surface area contributed by atoms with Crippen molar-refractivity contribution in [2.45, 2.75) is 0 Å². The average molecular weight is 446 g/mol. The Labute approximate surface area is 203 Å². The van der Waals surface area contributed by atoms with Crippen molar-refractivity contribution in [3.05, 3.63) is 132 Å². The van der Waals surface area contributed by atoms with Gasteiger partial charge in [0.2, 0.25) is 0 Å². The first kappa shape index (κ1) is 20.5. The molecule has 0 radical (unpaired) electrons. The highest BCUT2D eigenvalue weighted by molar-refractivity contribution is 6.17. The van der Waals surface area contributed by atoms with Crippen LogP contribution >= 0.6 is 0 Å². The highest BCUT2D eigenvalue weighted by Gasteiger charge is 2.20. The molecule has 35 heavy (non-hydrogen) atoms. The van der Waals surface area contributed by atoms with Gasteiger partial charge in [-0.3, -0.25) is 0 Å². The fourth-order valence-electron chi connectivity index (χ4n) is 4.95. The summed E-state index contributed by atoms with van der Waals surface area (Å²) in [5.41, 5.74) is 8.06. The first-order valence-corrected chi connectivity index (χ1v) is 11.4. The summed E-state index contributed by atoms with van der Waals surface area (Å²) in [5.74, 6) is 0. The maximum absolute atomic E-state index is 9.87. The molecule has 6 rings (SSSR count). The van der Waals surface area contributed by atoms with E-state index in [1.165, 1.54) is 0 Å². The summed E-state index contributed by atoms with van der Waals surface area (Å²) in [5, 5.41) is 12.0. The number of nitrogens with zero attached hydrogens (tertiary/aromatic N) is 3. The lowest BCUT2D eigenvalue weighted by Crippen LogP contribution is -1.93. The molecular weight excluding hydrogens is 426 g/mol. The highest BCUT2D eigenvalue weighted by Crippen LogP contribution is 2.43. The summed E-state index contributed by atoms with van der Waals surface area (Å²) >= 11 is 0. The van der Waals surface area contributed by atoms with Gasteiger partial charge in [-0.1, -0.05) is 84.9 Å². The van der Waals surface area contributed by atoms with Gasteiger partial charge in [-0.05, 0) is 47.0 Å². The number of hydrogen-bond acceptors (Lipinski definition) is 1. The van der Waals surface area contributed by atoms with Crippen molar-refractivity contribution in [2.75, 3.05) is 0 Å². The SMILES string of the molecule is [C-]#[N+]c1cccc(C#N)c1-c1cccc2c1c1ccc(-c3ccccc3)cc1n2-c1ccccc1.